The summed E-state index contributed by atoms with van der Waals surface area (Å²) in [5, 5.41) is 12.0. The van der Waals surface area contributed by atoms with Gasteiger partial charge in [-0.2, -0.15) is 0 Å². The molecule has 1 saturated carbocycles. The van der Waals surface area contributed by atoms with Crippen LogP contribution in [-0.4, -0.2) is 32.0 Å². The minimum Gasteiger partial charge on any atom is -0.352 e. The molecular formula is C19H23FN4OS. The van der Waals surface area contributed by atoms with Gasteiger partial charge in [0.05, 0.1) is 5.25 Å². The van der Waals surface area contributed by atoms with Gasteiger partial charge in [0.15, 0.2) is 11.0 Å². The van der Waals surface area contributed by atoms with Crippen LogP contribution in [0.15, 0.2) is 42.1 Å². The molecule has 1 atom stereocenters. The van der Waals surface area contributed by atoms with Crippen molar-refractivity contribution in [2.45, 2.75) is 55.6 Å². The highest BCUT2D eigenvalue weighted by molar-refractivity contribution is 8.00. The van der Waals surface area contributed by atoms with Gasteiger partial charge in [0.2, 0.25) is 5.91 Å². The number of nitrogens with one attached hydrogen (secondary N) is 1. The number of thioether (sulfide) groups is 1. The molecule has 1 aromatic carbocycles. The Morgan fingerprint density at radius 2 is 2.08 bits per heavy atom. The number of allylic oxidation sites excluding steroid dienone is 1. The number of hydrogen-bond donors (Lipinski definition) is 1. The largest absolute Gasteiger partial charge is 0.352 e. The molecular weight excluding hydrogens is 351 g/mol. The fourth-order valence-corrected chi connectivity index (χ4v) is 3.95. The van der Waals surface area contributed by atoms with Gasteiger partial charge in [0.1, 0.15) is 5.82 Å². The molecule has 5 nitrogen and oxygen atoms in total. The lowest BCUT2D eigenvalue weighted by molar-refractivity contribution is -0.120. The summed E-state index contributed by atoms with van der Waals surface area (Å²) < 4.78 is 15.1. The van der Waals surface area contributed by atoms with E-state index in [9.17, 15) is 9.18 Å². The van der Waals surface area contributed by atoms with Gasteiger partial charge in [-0.25, -0.2) is 4.39 Å². The van der Waals surface area contributed by atoms with Crippen LogP contribution >= 0.6 is 11.8 Å². The lowest BCUT2D eigenvalue weighted by Gasteiger charge is -2.16. The predicted molar refractivity (Wildman–Crippen MR) is 101 cm³/mol. The maximum absolute atomic E-state index is 13.2. The van der Waals surface area contributed by atoms with Gasteiger partial charge in [0, 0.05) is 18.2 Å². The van der Waals surface area contributed by atoms with E-state index in [4.69, 9.17) is 0 Å². The van der Waals surface area contributed by atoms with Crippen LogP contribution in [0.25, 0.3) is 11.4 Å². The number of benzene rings is 1. The zero-order valence-corrected chi connectivity index (χ0v) is 15.6. The molecule has 0 saturated heterocycles. The second-order valence-electron chi connectivity index (χ2n) is 6.46. The Balaban J connectivity index is 1.75. The number of hydrogen-bond acceptors (Lipinski definition) is 4. The fourth-order valence-electron chi connectivity index (χ4n) is 3.08. The Morgan fingerprint density at radius 1 is 1.38 bits per heavy atom. The quantitative estimate of drug-likeness (QED) is 0.591. The van der Waals surface area contributed by atoms with Crippen molar-refractivity contribution < 1.29 is 9.18 Å². The van der Waals surface area contributed by atoms with Gasteiger partial charge < -0.3 is 5.32 Å². The summed E-state index contributed by atoms with van der Waals surface area (Å²) in [4.78, 5) is 12.4. The fraction of sp³-hybridized carbons (Fsp3) is 0.421. The highest BCUT2D eigenvalue weighted by Crippen LogP contribution is 2.27. The van der Waals surface area contributed by atoms with Gasteiger partial charge in [-0.05, 0) is 44.0 Å². The van der Waals surface area contributed by atoms with Crippen LogP contribution in [0.2, 0.25) is 0 Å². The van der Waals surface area contributed by atoms with E-state index in [-0.39, 0.29) is 17.0 Å². The van der Waals surface area contributed by atoms with Crippen LogP contribution in [0.3, 0.4) is 0 Å². The zero-order chi connectivity index (χ0) is 18.5. The summed E-state index contributed by atoms with van der Waals surface area (Å²) in [6, 6.07) is 6.43. The Hall–Kier alpha value is -2.15. The van der Waals surface area contributed by atoms with E-state index in [0.29, 0.717) is 23.6 Å². The average Bonchev–Trinajstić information content (AvgIpc) is 3.27. The summed E-state index contributed by atoms with van der Waals surface area (Å²) in [7, 11) is 0. The van der Waals surface area contributed by atoms with Crippen LogP contribution in [0.5, 0.6) is 0 Å². The molecule has 3 rings (SSSR count). The number of aromatic nitrogens is 3. The molecule has 1 heterocycles. The normalized spacial score (nSPS) is 15.8. The molecule has 1 aliphatic carbocycles. The third kappa shape index (κ3) is 4.33. The first-order valence-corrected chi connectivity index (χ1v) is 9.73. The third-order valence-electron chi connectivity index (χ3n) is 4.48. The highest BCUT2D eigenvalue weighted by atomic mass is 32.2. The topological polar surface area (TPSA) is 59.8 Å². The third-order valence-corrected chi connectivity index (χ3v) is 5.56. The van der Waals surface area contributed by atoms with Gasteiger partial charge in [-0.3, -0.25) is 9.36 Å². The molecule has 1 fully saturated rings. The van der Waals surface area contributed by atoms with Crippen molar-refractivity contribution in [1.29, 1.82) is 0 Å². The van der Waals surface area contributed by atoms with Crippen molar-refractivity contribution in [3.05, 3.63) is 42.7 Å². The van der Waals surface area contributed by atoms with Crippen molar-refractivity contribution in [2.24, 2.45) is 0 Å². The second kappa shape index (κ2) is 8.49. The Kier molecular flexibility index (Phi) is 6.08. The molecule has 1 aromatic heterocycles. The summed E-state index contributed by atoms with van der Waals surface area (Å²) in [6.45, 7) is 6.17. The molecule has 1 amide bonds. The number of rotatable bonds is 7. The van der Waals surface area contributed by atoms with E-state index < -0.39 is 0 Å². The monoisotopic (exact) mass is 374 g/mol. The lowest BCUT2D eigenvalue weighted by atomic mass is 10.2. The molecule has 0 unspecified atom stereocenters. The maximum Gasteiger partial charge on any atom is 0.233 e. The van der Waals surface area contributed by atoms with Gasteiger partial charge in [-0.1, -0.05) is 30.7 Å². The molecule has 26 heavy (non-hydrogen) atoms. The zero-order valence-electron chi connectivity index (χ0n) is 14.8. The van der Waals surface area contributed by atoms with E-state index in [1.54, 1.807) is 18.2 Å². The molecule has 0 bridgehead atoms. The minimum absolute atomic E-state index is 0.0263. The van der Waals surface area contributed by atoms with Crippen molar-refractivity contribution in [3.8, 4) is 11.4 Å². The Labute approximate surface area is 157 Å². The van der Waals surface area contributed by atoms with Crippen LogP contribution in [0.1, 0.15) is 32.6 Å². The lowest BCUT2D eigenvalue weighted by Crippen LogP contribution is -2.37. The summed E-state index contributed by atoms with van der Waals surface area (Å²) in [6.07, 6.45) is 6.24. The highest BCUT2D eigenvalue weighted by Gasteiger charge is 2.23. The molecule has 1 aliphatic rings. The SMILES string of the molecule is C=CCn1c(S[C@H](C)C(=O)NC2CCCC2)nnc1-c1ccc(F)cc1. The van der Waals surface area contributed by atoms with Crippen molar-refractivity contribution in [1.82, 2.24) is 20.1 Å². The van der Waals surface area contributed by atoms with E-state index in [1.807, 2.05) is 11.5 Å². The van der Waals surface area contributed by atoms with Gasteiger partial charge in [0.25, 0.3) is 0 Å². The first-order valence-electron chi connectivity index (χ1n) is 8.85. The minimum atomic E-state index is -0.296. The van der Waals surface area contributed by atoms with Gasteiger partial charge >= 0.3 is 0 Å². The number of carbonyl (C=O) groups excluding carboxylic acids is 1. The average molecular weight is 374 g/mol. The predicted octanol–water partition coefficient (Wildman–Crippen LogP) is 3.81. The second-order valence-corrected chi connectivity index (χ2v) is 7.77. The number of nitrogens with zero attached hydrogens (tertiary/aromatic N) is 3. The summed E-state index contributed by atoms with van der Waals surface area (Å²) in [5.41, 5.74) is 0.774. The molecule has 1 N–H and O–H groups in total. The smallest absolute Gasteiger partial charge is 0.233 e. The van der Waals surface area contributed by atoms with Crippen LogP contribution < -0.4 is 5.32 Å². The van der Waals surface area contributed by atoms with Crippen molar-refractivity contribution >= 4 is 17.7 Å². The number of amides is 1. The van der Waals surface area contributed by atoms with Crippen LogP contribution in [0.4, 0.5) is 4.39 Å². The number of carbonyl (C=O) groups is 1. The van der Waals surface area contributed by atoms with E-state index >= 15 is 0 Å². The molecule has 0 aliphatic heterocycles. The van der Waals surface area contributed by atoms with E-state index in [0.717, 1.165) is 18.4 Å². The van der Waals surface area contributed by atoms with Crippen molar-refractivity contribution in [3.63, 3.8) is 0 Å². The number of halogens is 1. The molecule has 0 radical (unpaired) electrons. The van der Waals surface area contributed by atoms with Crippen LogP contribution in [0, 0.1) is 5.82 Å². The Bertz CT molecular complexity index is 768. The van der Waals surface area contributed by atoms with Crippen LogP contribution in [-0.2, 0) is 11.3 Å². The van der Waals surface area contributed by atoms with E-state index in [2.05, 4.69) is 22.1 Å². The standard InChI is InChI=1S/C19H23FN4OS/c1-3-12-24-17(14-8-10-15(20)11-9-14)22-23-19(24)26-13(2)18(25)21-16-6-4-5-7-16/h3,8-11,13,16H,1,4-7,12H2,2H3,(H,21,25)/t13-/m1/s1. The van der Waals surface area contributed by atoms with Crippen molar-refractivity contribution in [2.75, 3.05) is 0 Å². The first kappa shape index (κ1) is 18.6. The van der Waals surface area contributed by atoms with Gasteiger partial charge in [-0.15, -0.1) is 16.8 Å². The maximum atomic E-state index is 13.2. The Morgan fingerprint density at radius 3 is 2.73 bits per heavy atom. The molecule has 2 aromatic rings. The first-order chi connectivity index (χ1) is 12.6. The molecule has 0 spiro atoms. The van der Waals surface area contributed by atoms with E-state index in [1.165, 1.54) is 36.7 Å². The molecule has 7 heteroatoms. The summed E-state index contributed by atoms with van der Waals surface area (Å²) >= 11 is 1.38. The molecule has 138 valence electrons. The summed E-state index contributed by atoms with van der Waals surface area (Å²) in [5.74, 6) is 0.365.